The van der Waals surface area contributed by atoms with E-state index in [2.05, 4.69) is 10.6 Å². The highest BCUT2D eigenvalue weighted by atomic mass is 32.2. The SMILES string of the molecule is Cc1ccc(NC(=O)c2ccccc2SCC(=O)Nc2ccc(F)cc2)c(C)c1. The topological polar surface area (TPSA) is 58.2 Å². The molecule has 2 N–H and O–H groups in total. The number of halogens is 1. The van der Waals surface area contributed by atoms with Crippen LogP contribution >= 0.6 is 11.8 Å². The minimum absolute atomic E-state index is 0.130. The number of aryl methyl sites for hydroxylation is 2. The average molecular weight is 408 g/mol. The number of carbonyl (C=O) groups is 2. The van der Waals surface area contributed by atoms with Gasteiger partial charge in [-0.1, -0.05) is 29.8 Å². The molecule has 0 fully saturated rings. The summed E-state index contributed by atoms with van der Waals surface area (Å²) in [7, 11) is 0. The van der Waals surface area contributed by atoms with Gasteiger partial charge in [0.25, 0.3) is 5.91 Å². The molecule has 0 bridgehead atoms. The summed E-state index contributed by atoms with van der Waals surface area (Å²) in [5.41, 5.74) is 3.91. The van der Waals surface area contributed by atoms with Gasteiger partial charge in [0.05, 0.1) is 11.3 Å². The van der Waals surface area contributed by atoms with E-state index in [1.165, 1.54) is 36.0 Å². The predicted octanol–water partition coefficient (Wildman–Crippen LogP) is 5.43. The maximum absolute atomic E-state index is 13.0. The van der Waals surface area contributed by atoms with Crippen LogP contribution in [-0.2, 0) is 4.79 Å². The molecule has 4 nitrogen and oxygen atoms in total. The van der Waals surface area contributed by atoms with Gasteiger partial charge < -0.3 is 10.6 Å². The summed E-state index contributed by atoms with van der Waals surface area (Å²) in [4.78, 5) is 25.7. The Morgan fingerprint density at radius 1 is 0.931 bits per heavy atom. The maximum Gasteiger partial charge on any atom is 0.256 e. The van der Waals surface area contributed by atoms with Gasteiger partial charge in [0.1, 0.15) is 5.82 Å². The van der Waals surface area contributed by atoms with E-state index in [0.717, 1.165) is 16.8 Å². The van der Waals surface area contributed by atoms with Crippen LogP contribution in [0.4, 0.5) is 15.8 Å². The van der Waals surface area contributed by atoms with Crippen molar-refractivity contribution in [1.29, 1.82) is 0 Å². The molecule has 0 spiro atoms. The van der Waals surface area contributed by atoms with E-state index in [1.807, 2.05) is 44.2 Å². The van der Waals surface area contributed by atoms with Crippen molar-refractivity contribution in [2.24, 2.45) is 0 Å². The van der Waals surface area contributed by atoms with Gasteiger partial charge in [-0.25, -0.2) is 4.39 Å². The molecule has 0 aliphatic rings. The van der Waals surface area contributed by atoms with E-state index < -0.39 is 0 Å². The molecule has 2 amide bonds. The lowest BCUT2D eigenvalue weighted by molar-refractivity contribution is -0.113. The van der Waals surface area contributed by atoms with Crippen molar-refractivity contribution in [3.8, 4) is 0 Å². The van der Waals surface area contributed by atoms with Crippen LogP contribution in [0.2, 0.25) is 0 Å². The van der Waals surface area contributed by atoms with Gasteiger partial charge in [-0.2, -0.15) is 0 Å². The zero-order valence-electron chi connectivity index (χ0n) is 16.2. The molecular weight excluding hydrogens is 387 g/mol. The van der Waals surface area contributed by atoms with Crippen molar-refractivity contribution in [2.75, 3.05) is 16.4 Å². The lowest BCUT2D eigenvalue weighted by atomic mass is 10.1. The first kappa shape index (κ1) is 20.6. The molecule has 0 saturated heterocycles. The standard InChI is InChI=1S/C23H21FN2O2S/c1-15-7-12-20(16(2)13-15)26-23(28)19-5-3-4-6-21(19)29-14-22(27)25-18-10-8-17(24)9-11-18/h3-13H,14H2,1-2H3,(H,25,27)(H,26,28). The minimum Gasteiger partial charge on any atom is -0.325 e. The second kappa shape index (κ2) is 9.39. The number of carbonyl (C=O) groups excluding carboxylic acids is 2. The van der Waals surface area contributed by atoms with E-state index >= 15 is 0 Å². The molecule has 29 heavy (non-hydrogen) atoms. The minimum atomic E-state index is -0.360. The molecule has 3 aromatic carbocycles. The van der Waals surface area contributed by atoms with Crippen LogP contribution in [0, 0.1) is 19.7 Å². The van der Waals surface area contributed by atoms with Gasteiger partial charge in [-0.3, -0.25) is 9.59 Å². The molecule has 3 aromatic rings. The van der Waals surface area contributed by atoms with Crippen molar-refractivity contribution in [2.45, 2.75) is 18.7 Å². The fourth-order valence-electron chi connectivity index (χ4n) is 2.80. The van der Waals surface area contributed by atoms with Gasteiger partial charge in [-0.05, 0) is 61.9 Å². The Balaban J connectivity index is 1.65. The van der Waals surface area contributed by atoms with E-state index in [0.29, 0.717) is 16.1 Å². The number of anilines is 2. The highest BCUT2D eigenvalue weighted by Crippen LogP contribution is 2.25. The van der Waals surface area contributed by atoms with Crippen LogP contribution in [-0.4, -0.2) is 17.6 Å². The molecule has 6 heteroatoms. The van der Waals surface area contributed by atoms with Crippen molar-refractivity contribution < 1.29 is 14.0 Å². The van der Waals surface area contributed by atoms with Crippen molar-refractivity contribution in [1.82, 2.24) is 0 Å². The summed E-state index contributed by atoms with van der Waals surface area (Å²) in [5.74, 6) is -0.683. The Bertz CT molecular complexity index is 1040. The molecule has 0 radical (unpaired) electrons. The first-order valence-corrected chi connectivity index (χ1v) is 10.1. The summed E-state index contributed by atoms with van der Waals surface area (Å²) < 4.78 is 13.0. The molecule has 0 heterocycles. The number of thioether (sulfide) groups is 1. The Labute approximate surface area is 173 Å². The summed E-state index contributed by atoms with van der Waals surface area (Å²) in [6, 6.07) is 18.6. The molecule has 148 valence electrons. The Hall–Kier alpha value is -3.12. The number of hydrogen-bond donors (Lipinski definition) is 2. The first-order chi connectivity index (χ1) is 13.9. The fourth-order valence-corrected chi connectivity index (χ4v) is 3.65. The number of amides is 2. The highest BCUT2D eigenvalue weighted by molar-refractivity contribution is 8.00. The summed E-state index contributed by atoms with van der Waals surface area (Å²) >= 11 is 1.28. The summed E-state index contributed by atoms with van der Waals surface area (Å²) in [6.07, 6.45) is 0. The average Bonchev–Trinajstić information content (AvgIpc) is 2.70. The fraction of sp³-hybridized carbons (Fsp3) is 0.130. The van der Waals surface area contributed by atoms with Crippen LogP contribution in [0.5, 0.6) is 0 Å². The Morgan fingerprint density at radius 2 is 1.66 bits per heavy atom. The maximum atomic E-state index is 13.0. The zero-order valence-corrected chi connectivity index (χ0v) is 17.0. The smallest absolute Gasteiger partial charge is 0.256 e. The van der Waals surface area contributed by atoms with Crippen LogP contribution in [0.3, 0.4) is 0 Å². The van der Waals surface area contributed by atoms with Crippen LogP contribution in [0.1, 0.15) is 21.5 Å². The molecule has 3 rings (SSSR count). The summed E-state index contributed by atoms with van der Waals surface area (Å²) in [5, 5.41) is 5.65. The molecule has 0 saturated carbocycles. The number of benzene rings is 3. The summed E-state index contributed by atoms with van der Waals surface area (Å²) in [6.45, 7) is 3.95. The first-order valence-electron chi connectivity index (χ1n) is 9.08. The zero-order chi connectivity index (χ0) is 20.8. The van der Waals surface area contributed by atoms with Gasteiger partial charge in [0, 0.05) is 16.3 Å². The van der Waals surface area contributed by atoms with Crippen molar-refractivity contribution >= 4 is 35.0 Å². The van der Waals surface area contributed by atoms with Gasteiger partial charge in [0.15, 0.2) is 0 Å². The molecule has 0 unspecified atom stereocenters. The van der Waals surface area contributed by atoms with Crippen molar-refractivity contribution in [3.63, 3.8) is 0 Å². The van der Waals surface area contributed by atoms with Gasteiger partial charge >= 0.3 is 0 Å². The van der Waals surface area contributed by atoms with E-state index in [9.17, 15) is 14.0 Å². The largest absolute Gasteiger partial charge is 0.325 e. The third kappa shape index (κ3) is 5.68. The predicted molar refractivity (Wildman–Crippen MR) is 116 cm³/mol. The molecular formula is C23H21FN2O2S. The van der Waals surface area contributed by atoms with Gasteiger partial charge in [-0.15, -0.1) is 11.8 Å². The molecule has 0 aromatic heterocycles. The second-order valence-electron chi connectivity index (χ2n) is 6.61. The normalized spacial score (nSPS) is 10.4. The molecule has 0 aliphatic heterocycles. The lowest BCUT2D eigenvalue weighted by Crippen LogP contribution is -2.16. The number of hydrogen-bond acceptors (Lipinski definition) is 3. The van der Waals surface area contributed by atoms with Crippen LogP contribution < -0.4 is 10.6 Å². The van der Waals surface area contributed by atoms with E-state index in [1.54, 1.807) is 12.1 Å². The van der Waals surface area contributed by atoms with Crippen LogP contribution in [0.15, 0.2) is 71.6 Å². The van der Waals surface area contributed by atoms with E-state index in [-0.39, 0.29) is 23.4 Å². The highest BCUT2D eigenvalue weighted by Gasteiger charge is 2.14. The van der Waals surface area contributed by atoms with Crippen molar-refractivity contribution in [3.05, 3.63) is 89.2 Å². The third-order valence-corrected chi connectivity index (χ3v) is 5.32. The van der Waals surface area contributed by atoms with E-state index in [4.69, 9.17) is 0 Å². The number of nitrogens with one attached hydrogen (secondary N) is 2. The van der Waals surface area contributed by atoms with Gasteiger partial charge in [0.2, 0.25) is 5.91 Å². The molecule has 0 atom stereocenters. The van der Waals surface area contributed by atoms with Crippen LogP contribution in [0.25, 0.3) is 0 Å². The third-order valence-electron chi connectivity index (χ3n) is 4.25. The quantitative estimate of drug-likeness (QED) is 0.535. The lowest BCUT2D eigenvalue weighted by Gasteiger charge is -2.12. The monoisotopic (exact) mass is 408 g/mol. The second-order valence-corrected chi connectivity index (χ2v) is 7.63. The Kier molecular flexibility index (Phi) is 6.67. The Morgan fingerprint density at radius 3 is 2.38 bits per heavy atom. The number of rotatable bonds is 6. The molecule has 0 aliphatic carbocycles.